The molecule has 1 radical (unpaired) electrons. The van der Waals surface area contributed by atoms with Crippen molar-refractivity contribution >= 4 is 19.5 Å². The van der Waals surface area contributed by atoms with Gasteiger partial charge in [-0.1, -0.05) is 17.7 Å². The molecular weight excluding hydrogens is 532 g/mol. The van der Waals surface area contributed by atoms with Crippen LogP contribution in [-0.2, 0) is 56.1 Å². The van der Waals surface area contributed by atoms with E-state index in [4.69, 9.17) is 29.4 Å². The third kappa shape index (κ3) is 7.41. The second kappa shape index (κ2) is 11.7. The minimum Gasteiger partial charge on any atom is -0.480 e. The number of anilines is 1. The smallest absolute Gasteiger partial charge is 0.459 e. The maximum absolute atomic E-state index is 13.2. The van der Waals surface area contributed by atoms with Gasteiger partial charge in [-0.3, -0.25) is 13.9 Å². The third-order valence-electron chi connectivity index (χ3n) is 4.57. The molecule has 177 valence electrons. The fourth-order valence-corrected chi connectivity index (χ4v) is 4.22. The SMILES string of the molecule is Cc1ccc(OP(=O)(N[C@@H](C)C(=O)O)OC[C@H]2OC[C@@H](n3cc(C)c(N)nc3=O)O2)cc1.[Y]. The Morgan fingerprint density at radius 1 is 1.39 bits per heavy atom. The maximum Gasteiger partial charge on any atom is 0.459 e. The second-order valence-corrected chi connectivity index (χ2v) is 8.93. The van der Waals surface area contributed by atoms with Crippen molar-refractivity contribution in [1.29, 1.82) is 0 Å². The number of nitrogens with one attached hydrogen (secondary N) is 1. The first-order chi connectivity index (χ1) is 15.1. The number of nitrogens with zero attached hydrogens (tertiary/aromatic N) is 2. The Balaban J connectivity index is 0.00000385. The largest absolute Gasteiger partial charge is 0.480 e. The molecule has 1 aromatic heterocycles. The van der Waals surface area contributed by atoms with Crippen molar-refractivity contribution in [1.82, 2.24) is 14.6 Å². The van der Waals surface area contributed by atoms with Crippen LogP contribution >= 0.6 is 7.75 Å². The number of carboxylic acid groups (broad SMARTS) is 1. The number of benzene rings is 1. The van der Waals surface area contributed by atoms with Gasteiger partial charge in [-0.2, -0.15) is 10.1 Å². The number of ether oxygens (including phenoxy) is 2. The summed E-state index contributed by atoms with van der Waals surface area (Å²) in [5.41, 5.74) is 6.58. The predicted molar refractivity (Wildman–Crippen MR) is 113 cm³/mol. The summed E-state index contributed by atoms with van der Waals surface area (Å²) in [6, 6.07) is 5.44. The Morgan fingerprint density at radius 3 is 2.70 bits per heavy atom. The third-order valence-corrected chi connectivity index (χ3v) is 6.21. The van der Waals surface area contributed by atoms with Crippen LogP contribution in [0.3, 0.4) is 0 Å². The number of hydrogen-bond acceptors (Lipinski definition) is 9. The Kier molecular flexibility index (Phi) is 9.74. The quantitative estimate of drug-likeness (QED) is 0.384. The normalized spacial score (nSPS) is 20.5. The molecule has 1 aliphatic heterocycles. The average molecular weight is 557 g/mol. The molecule has 1 aliphatic rings. The number of nitrogens with two attached hydrogens (primary N) is 1. The van der Waals surface area contributed by atoms with Crippen molar-refractivity contribution in [2.45, 2.75) is 39.3 Å². The predicted octanol–water partition coefficient (Wildman–Crippen LogP) is 1.58. The molecule has 4 N–H and O–H groups in total. The Bertz CT molecular complexity index is 1080. The molecule has 0 saturated carbocycles. The summed E-state index contributed by atoms with van der Waals surface area (Å²) in [6.45, 7) is 4.54. The van der Waals surface area contributed by atoms with Crippen molar-refractivity contribution in [3.05, 3.63) is 52.1 Å². The summed E-state index contributed by atoms with van der Waals surface area (Å²) in [5, 5.41) is 11.5. The van der Waals surface area contributed by atoms with E-state index in [1.165, 1.54) is 17.7 Å². The molecule has 33 heavy (non-hydrogen) atoms. The number of nitrogen functional groups attached to an aromatic ring is 1. The minimum atomic E-state index is -4.12. The maximum atomic E-state index is 13.2. The molecule has 3 rings (SSSR count). The van der Waals surface area contributed by atoms with Crippen LogP contribution in [0.15, 0.2) is 35.3 Å². The Hall–Kier alpha value is -1.66. The number of rotatable bonds is 9. The van der Waals surface area contributed by atoms with E-state index in [1.54, 1.807) is 31.2 Å². The first-order valence-corrected chi connectivity index (χ1v) is 11.2. The number of carbonyl (C=O) groups is 1. The Morgan fingerprint density at radius 2 is 2.06 bits per heavy atom. The van der Waals surface area contributed by atoms with Crippen LogP contribution in [0.1, 0.15) is 24.3 Å². The van der Waals surface area contributed by atoms with E-state index in [2.05, 4.69) is 10.1 Å². The molecule has 0 amide bonds. The van der Waals surface area contributed by atoms with Gasteiger partial charge in [0, 0.05) is 44.5 Å². The molecule has 0 bridgehead atoms. The van der Waals surface area contributed by atoms with Crippen molar-refractivity contribution in [3.8, 4) is 5.75 Å². The zero-order valence-electron chi connectivity index (χ0n) is 18.3. The van der Waals surface area contributed by atoms with Gasteiger partial charge in [-0.05, 0) is 32.9 Å². The summed E-state index contributed by atoms with van der Waals surface area (Å²) in [5.74, 6) is -0.886. The fraction of sp³-hybridized carbons (Fsp3) is 0.421. The van der Waals surface area contributed by atoms with Gasteiger partial charge in [0.25, 0.3) is 0 Å². The fourth-order valence-electron chi connectivity index (χ4n) is 2.74. The molecule has 0 aliphatic carbocycles. The molecule has 4 atom stereocenters. The second-order valence-electron chi connectivity index (χ2n) is 7.24. The van der Waals surface area contributed by atoms with Gasteiger partial charge < -0.3 is 24.8 Å². The zero-order valence-corrected chi connectivity index (χ0v) is 22.1. The van der Waals surface area contributed by atoms with E-state index in [0.717, 1.165) is 5.56 Å². The van der Waals surface area contributed by atoms with Crippen molar-refractivity contribution in [2.75, 3.05) is 18.9 Å². The van der Waals surface area contributed by atoms with Crippen LogP contribution in [0.25, 0.3) is 0 Å². The average Bonchev–Trinajstić information content (AvgIpc) is 3.20. The molecule has 1 fully saturated rings. The van der Waals surface area contributed by atoms with Crippen molar-refractivity contribution in [2.24, 2.45) is 0 Å². The summed E-state index contributed by atoms with van der Waals surface area (Å²) in [4.78, 5) is 27.0. The van der Waals surface area contributed by atoms with Crippen LogP contribution in [0.4, 0.5) is 5.82 Å². The van der Waals surface area contributed by atoms with Crippen molar-refractivity contribution < 1.29 is 65.7 Å². The first kappa shape index (κ1) is 27.6. The van der Waals surface area contributed by atoms with Crippen molar-refractivity contribution in [3.63, 3.8) is 0 Å². The van der Waals surface area contributed by atoms with Gasteiger partial charge >= 0.3 is 19.4 Å². The molecular formula is C19H25N4O8PY. The van der Waals surface area contributed by atoms with E-state index >= 15 is 0 Å². The molecule has 1 aromatic carbocycles. The molecule has 0 spiro atoms. The monoisotopic (exact) mass is 557 g/mol. The number of aryl methyl sites for hydroxylation is 2. The van der Waals surface area contributed by atoms with Gasteiger partial charge in [-0.25, -0.2) is 9.36 Å². The van der Waals surface area contributed by atoms with Gasteiger partial charge in [0.05, 0.1) is 6.61 Å². The summed E-state index contributed by atoms with van der Waals surface area (Å²) < 4.78 is 36.5. The molecule has 12 nitrogen and oxygen atoms in total. The molecule has 2 heterocycles. The van der Waals surface area contributed by atoms with E-state index in [9.17, 15) is 14.2 Å². The van der Waals surface area contributed by atoms with Gasteiger partial charge in [0.2, 0.25) is 0 Å². The minimum absolute atomic E-state index is 0. The van der Waals surface area contributed by atoms with Gasteiger partial charge in [0.15, 0.2) is 12.5 Å². The molecule has 14 heteroatoms. The van der Waals surface area contributed by atoms with Crippen LogP contribution < -0.4 is 21.0 Å². The molecule has 1 saturated heterocycles. The summed E-state index contributed by atoms with van der Waals surface area (Å²) in [7, 11) is -4.12. The zero-order chi connectivity index (χ0) is 23.5. The number of carboxylic acids is 1. The van der Waals surface area contributed by atoms with Crippen LogP contribution in [-0.4, -0.2) is 46.2 Å². The van der Waals surface area contributed by atoms with E-state index in [0.29, 0.717) is 5.56 Å². The summed E-state index contributed by atoms with van der Waals surface area (Å²) >= 11 is 0. The molecule has 1 unspecified atom stereocenters. The number of aliphatic carboxylic acids is 1. The van der Waals surface area contributed by atoms with Crippen LogP contribution in [0, 0.1) is 13.8 Å². The standard InChI is InChI=1S/C19H25N4O8P.Y/c1-11-4-6-14(7-5-11)31-32(27,22-13(3)18(24)25)29-10-16-28-9-15(30-16)23-8-12(2)17(20)21-19(23)26;/h4-8,13,15-16H,9-10H2,1-3H3,(H,22,27)(H,24,25)(H2,20,21,26);/t13-,15-,16-,32?;/m0./s1. The summed E-state index contributed by atoms with van der Waals surface area (Å²) in [6.07, 6.45) is -0.267. The Labute approximate surface area is 215 Å². The number of hydrogen-bond donors (Lipinski definition) is 3. The topological polar surface area (TPSA) is 164 Å². The van der Waals surface area contributed by atoms with Crippen LogP contribution in [0.5, 0.6) is 5.75 Å². The van der Waals surface area contributed by atoms with E-state index < -0.39 is 38.0 Å². The van der Waals surface area contributed by atoms with Gasteiger partial charge in [-0.15, -0.1) is 0 Å². The first-order valence-electron chi connectivity index (χ1n) is 9.70. The molecule has 2 aromatic rings. The van der Waals surface area contributed by atoms with Gasteiger partial charge in [0.1, 0.15) is 24.2 Å². The van der Waals surface area contributed by atoms with Crippen LogP contribution in [0.2, 0.25) is 0 Å². The van der Waals surface area contributed by atoms with E-state index in [-0.39, 0.29) is 57.5 Å². The van der Waals surface area contributed by atoms with E-state index in [1.807, 2.05) is 6.92 Å². The number of aromatic nitrogens is 2.